The van der Waals surface area contributed by atoms with E-state index in [0.717, 1.165) is 6.08 Å². The molecule has 1 atom stereocenters. The van der Waals surface area contributed by atoms with Crippen LogP contribution >= 0.6 is 0 Å². The molecule has 0 heterocycles. The first-order valence-electron chi connectivity index (χ1n) is 3.57. The number of esters is 1. The lowest BCUT2D eigenvalue weighted by Gasteiger charge is -1.95. The summed E-state index contributed by atoms with van der Waals surface area (Å²) < 4.78 is 4.14. The normalized spacial score (nSPS) is 10.7. The molecule has 4 nitrogen and oxygen atoms in total. The highest BCUT2D eigenvalue weighted by atomic mass is 16.5. The number of carbonyl (C=O) groups excluding carboxylic acids is 1. The lowest BCUT2D eigenvalue weighted by Crippen LogP contribution is -2.00. The molecule has 0 rings (SSSR count). The van der Waals surface area contributed by atoms with Crippen LogP contribution in [0, 0.1) is 0 Å². The Morgan fingerprint density at radius 1 is 1.75 bits per heavy atom. The SMILES string of the molecule is C=CC(=O)OC.CC(O)CCO. The molecule has 0 aliphatic carbocycles. The molecular formula is C8H16O4. The summed E-state index contributed by atoms with van der Waals surface area (Å²) in [6, 6.07) is 0. The fourth-order valence-electron chi connectivity index (χ4n) is 0.270. The molecule has 0 aliphatic rings. The van der Waals surface area contributed by atoms with Crippen molar-refractivity contribution in [1.82, 2.24) is 0 Å². The Kier molecular flexibility index (Phi) is 11.6. The van der Waals surface area contributed by atoms with Gasteiger partial charge in [-0.1, -0.05) is 6.58 Å². The van der Waals surface area contributed by atoms with Crippen molar-refractivity contribution in [1.29, 1.82) is 0 Å². The Hall–Kier alpha value is -0.870. The van der Waals surface area contributed by atoms with Crippen molar-refractivity contribution in [3.63, 3.8) is 0 Å². The van der Waals surface area contributed by atoms with Gasteiger partial charge in [-0.15, -0.1) is 0 Å². The van der Waals surface area contributed by atoms with Crippen molar-refractivity contribution < 1.29 is 19.7 Å². The number of rotatable bonds is 3. The van der Waals surface area contributed by atoms with Gasteiger partial charge < -0.3 is 14.9 Å². The number of aliphatic hydroxyl groups is 2. The van der Waals surface area contributed by atoms with Crippen LogP contribution < -0.4 is 0 Å². The predicted molar refractivity (Wildman–Crippen MR) is 45.6 cm³/mol. The fourth-order valence-corrected chi connectivity index (χ4v) is 0.270. The second kappa shape index (κ2) is 10.1. The van der Waals surface area contributed by atoms with Crippen LogP contribution in [0.15, 0.2) is 12.7 Å². The van der Waals surface area contributed by atoms with E-state index in [1.165, 1.54) is 7.11 Å². The molecule has 0 radical (unpaired) electrons. The zero-order valence-electron chi connectivity index (χ0n) is 7.49. The summed E-state index contributed by atoms with van der Waals surface area (Å²) in [6.07, 6.45) is 1.25. The highest BCUT2D eigenvalue weighted by molar-refractivity contribution is 5.80. The van der Waals surface area contributed by atoms with E-state index in [1.54, 1.807) is 6.92 Å². The molecule has 0 fully saturated rings. The van der Waals surface area contributed by atoms with Gasteiger partial charge in [-0.25, -0.2) is 4.79 Å². The Morgan fingerprint density at radius 2 is 2.25 bits per heavy atom. The van der Waals surface area contributed by atoms with Gasteiger partial charge in [0.1, 0.15) is 0 Å². The van der Waals surface area contributed by atoms with Gasteiger partial charge in [0.15, 0.2) is 0 Å². The molecule has 4 heteroatoms. The second-order valence-electron chi connectivity index (χ2n) is 2.09. The smallest absolute Gasteiger partial charge is 0.329 e. The van der Waals surface area contributed by atoms with E-state index in [-0.39, 0.29) is 12.7 Å². The molecule has 0 aliphatic heterocycles. The lowest BCUT2D eigenvalue weighted by molar-refractivity contribution is -0.134. The third-order valence-electron chi connectivity index (χ3n) is 0.915. The van der Waals surface area contributed by atoms with E-state index in [0.29, 0.717) is 6.42 Å². The largest absolute Gasteiger partial charge is 0.466 e. The Bertz CT molecular complexity index is 120. The van der Waals surface area contributed by atoms with E-state index in [9.17, 15) is 4.79 Å². The maximum absolute atomic E-state index is 9.84. The Morgan fingerprint density at radius 3 is 2.25 bits per heavy atom. The maximum atomic E-state index is 9.84. The summed E-state index contributed by atoms with van der Waals surface area (Å²) >= 11 is 0. The predicted octanol–water partition coefficient (Wildman–Crippen LogP) is 0.0950. The van der Waals surface area contributed by atoms with Crippen molar-refractivity contribution in [2.45, 2.75) is 19.4 Å². The Balaban J connectivity index is 0. The van der Waals surface area contributed by atoms with Gasteiger partial charge in [0.2, 0.25) is 0 Å². The Labute approximate surface area is 72.5 Å². The van der Waals surface area contributed by atoms with E-state index in [1.807, 2.05) is 0 Å². The number of ether oxygens (including phenoxy) is 1. The molecule has 72 valence electrons. The highest BCUT2D eigenvalue weighted by Gasteiger charge is 1.88. The number of aliphatic hydroxyl groups excluding tert-OH is 2. The fraction of sp³-hybridized carbons (Fsp3) is 0.625. The first-order valence-corrected chi connectivity index (χ1v) is 3.57. The third-order valence-corrected chi connectivity index (χ3v) is 0.915. The minimum absolute atomic E-state index is 0.0810. The number of methoxy groups -OCH3 is 1. The van der Waals surface area contributed by atoms with Crippen molar-refractivity contribution in [3.8, 4) is 0 Å². The van der Waals surface area contributed by atoms with E-state index in [2.05, 4.69) is 11.3 Å². The van der Waals surface area contributed by atoms with E-state index in [4.69, 9.17) is 10.2 Å². The minimum atomic E-state index is -0.394. The second-order valence-corrected chi connectivity index (χ2v) is 2.09. The third kappa shape index (κ3) is 16.1. The summed E-state index contributed by atoms with van der Waals surface area (Å²) in [6.45, 7) is 4.89. The maximum Gasteiger partial charge on any atom is 0.329 e. The minimum Gasteiger partial charge on any atom is -0.466 e. The zero-order chi connectivity index (χ0) is 9.98. The average Bonchev–Trinajstić information content (AvgIpc) is 2.04. The molecule has 0 saturated carbocycles. The summed E-state index contributed by atoms with van der Waals surface area (Å²) in [5.74, 6) is -0.394. The van der Waals surface area contributed by atoms with Crippen LogP contribution in [0.3, 0.4) is 0 Å². The van der Waals surface area contributed by atoms with Crippen LogP contribution in [0.25, 0.3) is 0 Å². The van der Waals surface area contributed by atoms with Crippen molar-refractivity contribution in [2.75, 3.05) is 13.7 Å². The van der Waals surface area contributed by atoms with Crippen LogP contribution in [0.4, 0.5) is 0 Å². The lowest BCUT2D eigenvalue weighted by atomic mass is 10.3. The summed E-state index contributed by atoms with van der Waals surface area (Å²) in [5, 5.41) is 16.5. The van der Waals surface area contributed by atoms with E-state index < -0.39 is 5.97 Å². The van der Waals surface area contributed by atoms with Crippen molar-refractivity contribution >= 4 is 5.97 Å². The van der Waals surface area contributed by atoms with Crippen LogP contribution in [0.2, 0.25) is 0 Å². The highest BCUT2D eigenvalue weighted by Crippen LogP contribution is 1.83. The molecular weight excluding hydrogens is 160 g/mol. The molecule has 0 aromatic rings. The standard InChI is InChI=1S/C4H10O2.C4H6O2/c1-4(6)2-3-5;1-3-4(5)6-2/h4-6H,2-3H2,1H3;3H,1H2,2H3. The van der Waals surface area contributed by atoms with Gasteiger partial charge in [0, 0.05) is 12.7 Å². The first-order chi connectivity index (χ1) is 5.58. The monoisotopic (exact) mass is 176 g/mol. The summed E-state index contributed by atoms with van der Waals surface area (Å²) in [7, 11) is 1.31. The molecule has 0 aromatic carbocycles. The number of hydrogen-bond acceptors (Lipinski definition) is 4. The number of carbonyl (C=O) groups is 1. The zero-order valence-corrected chi connectivity index (χ0v) is 7.49. The van der Waals surface area contributed by atoms with Gasteiger partial charge in [-0.05, 0) is 13.3 Å². The quantitative estimate of drug-likeness (QED) is 0.472. The summed E-state index contributed by atoms with van der Waals surface area (Å²) in [4.78, 5) is 9.84. The van der Waals surface area contributed by atoms with Gasteiger partial charge >= 0.3 is 5.97 Å². The summed E-state index contributed by atoms with van der Waals surface area (Å²) in [5.41, 5.74) is 0. The molecule has 1 unspecified atom stereocenters. The molecule has 0 spiro atoms. The molecule has 0 bridgehead atoms. The van der Waals surface area contributed by atoms with E-state index >= 15 is 0 Å². The molecule has 12 heavy (non-hydrogen) atoms. The number of hydrogen-bond donors (Lipinski definition) is 2. The van der Waals surface area contributed by atoms with Crippen LogP contribution in [0.5, 0.6) is 0 Å². The van der Waals surface area contributed by atoms with Crippen LogP contribution in [0.1, 0.15) is 13.3 Å². The molecule has 0 saturated heterocycles. The first kappa shape index (κ1) is 13.7. The van der Waals surface area contributed by atoms with Gasteiger partial charge in [-0.2, -0.15) is 0 Å². The van der Waals surface area contributed by atoms with Crippen molar-refractivity contribution in [3.05, 3.63) is 12.7 Å². The topological polar surface area (TPSA) is 66.8 Å². The van der Waals surface area contributed by atoms with Gasteiger partial charge in [0.05, 0.1) is 13.2 Å². The molecule has 0 amide bonds. The van der Waals surface area contributed by atoms with Crippen LogP contribution in [-0.4, -0.2) is 36.0 Å². The van der Waals surface area contributed by atoms with Gasteiger partial charge in [0.25, 0.3) is 0 Å². The molecule has 0 aromatic heterocycles. The van der Waals surface area contributed by atoms with Crippen molar-refractivity contribution in [2.24, 2.45) is 0 Å². The van der Waals surface area contributed by atoms with Crippen LogP contribution in [-0.2, 0) is 9.53 Å². The average molecular weight is 176 g/mol. The van der Waals surface area contributed by atoms with Gasteiger partial charge in [-0.3, -0.25) is 0 Å². The molecule has 2 N–H and O–H groups in total.